The molecule has 21 nitrogen and oxygen atoms in total. The first-order chi connectivity index (χ1) is 40.5. The molecule has 88 heavy (non-hydrogen) atoms. The summed E-state index contributed by atoms with van der Waals surface area (Å²) in [6.07, 6.45) is 11.6. The fraction of sp³-hybridized carbons (Fsp3) is 0.328. The van der Waals surface area contributed by atoms with Gasteiger partial charge in [0.1, 0.15) is 22.9 Å². The molecule has 0 spiro atoms. The normalized spacial score (nSPS) is 13.3. The van der Waals surface area contributed by atoms with E-state index in [0.29, 0.717) is 38.0 Å². The van der Waals surface area contributed by atoms with Crippen LogP contribution in [0, 0.1) is 17.8 Å². The number of para-hydroxylation sites is 2. The van der Waals surface area contributed by atoms with Gasteiger partial charge in [-0.05, 0) is 120 Å². The summed E-state index contributed by atoms with van der Waals surface area (Å²) in [5.41, 5.74) is 27.9. The third-order valence-corrected chi connectivity index (χ3v) is 13.6. The van der Waals surface area contributed by atoms with Crippen LogP contribution >= 0.6 is 0 Å². The van der Waals surface area contributed by atoms with Crippen molar-refractivity contribution in [3.8, 4) is 5.75 Å². The number of phenolic OH excluding ortho intramolecular Hbond substituents is 1. The van der Waals surface area contributed by atoms with Gasteiger partial charge >= 0.3 is 35.8 Å². The molecule has 474 valence electrons. The van der Waals surface area contributed by atoms with E-state index in [2.05, 4.69) is 32.1 Å². The number of aromatic hydroxyl groups is 1. The minimum absolute atomic E-state index is 0. The van der Waals surface area contributed by atoms with Crippen LogP contribution in [0.4, 0.5) is 0 Å². The number of aliphatic carboxylic acids is 6. The van der Waals surface area contributed by atoms with Gasteiger partial charge in [-0.2, -0.15) is 0 Å². The van der Waals surface area contributed by atoms with E-state index in [1.807, 2.05) is 117 Å². The highest BCUT2D eigenvalue weighted by atomic mass is 16.4. The Balaban J connectivity index is 0.000000361. The number of aromatic nitrogens is 4. The van der Waals surface area contributed by atoms with Crippen molar-refractivity contribution >= 4 is 79.3 Å². The van der Waals surface area contributed by atoms with Gasteiger partial charge in [-0.3, -0.25) is 33.8 Å². The average molecular weight is 1210 g/mol. The summed E-state index contributed by atoms with van der Waals surface area (Å²) in [6, 6.07) is 37.2. The van der Waals surface area contributed by atoms with Crippen molar-refractivity contribution in [2.24, 2.45) is 40.7 Å². The van der Waals surface area contributed by atoms with Crippen LogP contribution in [-0.4, -0.2) is 115 Å². The Kier molecular flexibility index (Phi) is 29.9. The number of benzene rings is 5. The number of phenols is 1. The molecular formula is C67H88N8O13. The molecule has 0 amide bonds. The monoisotopic (exact) mass is 1210 g/mol. The maximum absolute atomic E-state index is 10.9. The van der Waals surface area contributed by atoms with Crippen LogP contribution in [0.3, 0.4) is 0 Å². The highest BCUT2D eigenvalue weighted by Crippen LogP contribution is 2.25. The molecule has 0 aliphatic rings. The Morgan fingerprint density at radius 3 is 1.50 bits per heavy atom. The molecule has 9 rings (SSSR count). The molecule has 5 aromatic carbocycles. The predicted octanol–water partition coefficient (Wildman–Crippen LogP) is 10.4. The maximum atomic E-state index is 10.9. The third-order valence-electron chi connectivity index (χ3n) is 13.6. The lowest BCUT2D eigenvalue weighted by Crippen LogP contribution is -2.46. The standard InChI is InChI=1S/C14H14O2.2C12H14N2O2.C11H12N2O3.C9H11NO2.C7H15NO2.2CH4/c1-10(14(15)16)8-11-6-7-12-4-2-3-5-13(12)9-11;1-12(13,11(15)16)6-8-7-14-10-5-3-2-4-9(8)10;13-9(6-12(15)16)5-8-7-14-11-4-2-1-3-10(8)11;12-9(11(15)16)3-6-5-13-10-2-1-7(14)4-8(6)10;1-7(9(11)12)5-8-3-2-4-10-6-8;1-5(2)4-7(3,8)6(9)10;;/h2-7,9-10H,8H2,1H3,(H,15,16);2-5,7,14H,6,13H2,1H3,(H,15,16);1-4,7,9,14H,5-6,13H2,(H,15,16);1-2,4-5,9,13-14H,3,12H2,(H,15,16);2-4,6-7H,5H2,1H3,(H,11,12);5H,4,8H2,1-3H3,(H,9,10);2*1H4/t10-;12-;2*9-;2*7-;;/m000000../s1. The van der Waals surface area contributed by atoms with Crippen molar-refractivity contribution in [3.05, 3.63) is 180 Å². The van der Waals surface area contributed by atoms with Crippen LogP contribution in [-0.2, 0) is 60.9 Å². The van der Waals surface area contributed by atoms with E-state index < -0.39 is 52.9 Å². The number of carboxylic acids is 6. The number of fused-ring (bicyclic) bond motifs is 4. The van der Waals surface area contributed by atoms with Crippen molar-refractivity contribution in [3.63, 3.8) is 0 Å². The Labute approximate surface area is 512 Å². The number of hydrogen-bond donors (Lipinski definition) is 14. The number of nitrogens with zero attached hydrogens (tertiary/aromatic N) is 1. The molecule has 0 saturated carbocycles. The molecule has 21 heteroatoms. The molecule has 0 unspecified atom stereocenters. The SMILES string of the molecule is C.C.CC(C)C[C@](C)(N)C(=O)O.C[C@@H](Cc1ccc2ccccc2c1)C(=O)O.C[C@@H](Cc1cccnc1)C(=O)O.C[C@](N)(Cc1c[nH]c2ccccc12)C(=O)O.N[C@@H](Cc1c[nH]c2ccc(O)cc12)C(=O)O.N[C@H](CC(=O)O)Cc1c[nH]c2ccccc12. The van der Waals surface area contributed by atoms with Crippen molar-refractivity contribution in [2.75, 3.05) is 0 Å². The molecule has 0 aliphatic carbocycles. The lowest BCUT2D eigenvalue weighted by Gasteiger charge is -2.20. The van der Waals surface area contributed by atoms with Gasteiger partial charge < -0.3 is 73.6 Å². The fourth-order valence-electron chi connectivity index (χ4n) is 8.99. The second-order valence-electron chi connectivity index (χ2n) is 22.1. The van der Waals surface area contributed by atoms with Gasteiger partial charge in [-0.1, -0.05) is 127 Å². The summed E-state index contributed by atoms with van der Waals surface area (Å²) in [7, 11) is 0. The fourth-order valence-corrected chi connectivity index (χ4v) is 8.99. The molecule has 0 bridgehead atoms. The molecule has 4 heterocycles. The Morgan fingerprint density at radius 2 is 1.01 bits per heavy atom. The van der Waals surface area contributed by atoms with E-state index in [1.165, 1.54) is 19.2 Å². The van der Waals surface area contributed by atoms with E-state index in [4.69, 9.17) is 53.6 Å². The molecule has 18 N–H and O–H groups in total. The number of pyridine rings is 1. The van der Waals surface area contributed by atoms with Crippen LogP contribution in [0.2, 0.25) is 0 Å². The number of H-pyrrole nitrogens is 3. The Hall–Kier alpha value is -9.41. The number of carbonyl (C=O) groups is 6. The zero-order valence-electron chi connectivity index (χ0n) is 49.1. The smallest absolute Gasteiger partial charge is 0.323 e. The van der Waals surface area contributed by atoms with E-state index in [-0.39, 0.29) is 51.3 Å². The van der Waals surface area contributed by atoms with Gasteiger partial charge in [-0.25, -0.2) is 0 Å². The summed E-state index contributed by atoms with van der Waals surface area (Å²) < 4.78 is 0. The molecule has 0 aliphatic heterocycles. The average Bonchev–Trinajstić information content (AvgIpc) is 3.38. The molecular weight excluding hydrogens is 1120 g/mol. The van der Waals surface area contributed by atoms with Gasteiger partial charge in [0.05, 0.1) is 18.3 Å². The number of rotatable bonds is 19. The lowest BCUT2D eigenvalue weighted by molar-refractivity contribution is -0.143. The highest BCUT2D eigenvalue weighted by Gasteiger charge is 2.30. The van der Waals surface area contributed by atoms with E-state index in [9.17, 15) is 33.9 Å². The van der Waals surface area contributed by atoms with E-state index >= 15 is 0 Å². The Morgan fingerprint density at radius 1 is 0.523 bits per heavy atom. The molecule has 9 aromatic rings. The van der Waals surface area contributed by atoms with Crippen LogP contribution in [0.25, 0.3) is 43.5 Å². The van der Waals surface area contributed by atoms with Crippen molar-refractivity contribution < 1.29 is 64.5 Å². The second-order valence-corrected chi connectivity index (χ2v) is 22.1. The minimum Gasteiger partial charge on any atom is -0.508 e. The van der Waals surface area contributed by atoms with Crippen molar-refractivity contribution in [2.45, 2.75) is 125 Å². The Bertz CT molecular complexity index is 3660. The zero-order chi connectivity index (χ0) is 63.9. The highest BCUT2D eigenvalue weighted by molar-refractivity contribution is 5.87. The molecule has 0 fully saturated rings. The summed E-state index contributed by atoms with van der Waals surface area (Å²) in [5.74, 6) is -5.51. The lowest BCUT2D eigenvalue weighted by atomic mass is 9.92. The van der Waals surface area contributed by atoms with Crippen LogP contribution in [0.5, 0.6) is 5.75 Å². The van der Waals surface area contributed by atoms with E-state index in [1.54, 1.807) is 50.6 Å². The first kappa shape index (κ1) is 74.7. The van der Waals surface area contributed by atoms with Gasteiger partial charge in [0, 0.05) is 82.6 Å². The van der Waals surface area contributed by atoms with Crippen molar-refractivity contribution in [1.82, 2.24) is 19.9 Å². The quantitative estimate of drug-likeness (QED) is 0.0358. The minimum atomic E-state index is -1.23. The molecule has 4 aromatic heterocycles. The summed E-state index contributed by atoms with van der Waals surface area (Å²) in [5, 5.41) is 67.0. The first-order valence-electron chi connectivity index (χ1n) is 27.7. The second kappa shape index (κ2) is 35.3. The van der Waals surface area contributed by atoms with Gasteiger partial charge in [0.25, 0.3) is 0 Å². The van der Waals surface area contributed by atoms with Gasteiger partial charge in [0.2, 0.25) is 0 Å². The van der Waals surface area contributed by atoms with Crippen molar-refractivity contribution in [1.29, 1.82) is 0 Å². The van der Waals surface area contributed by atoms with Crippen LogP contribution in [0.15, 0.2) is 152 Å². The van der Waals surface area contributed by atoms with E-state index in [0.717, 1.165) is 65.9 Å². The van der Waals surface area contributed by atoms with Crippen LogP contribution < -0.4 is 22.9 Å². The number of aromatic amines is 3. The largest absolute Gasteiger partial charge is 0.508 e. The topological polar surface area (TPSA) is 408 Å². The number of carboxylic acid groups (broad SMARTS) is 6. The number of nitrogens with two attached hydrogens (primary N) is 4. The maximum Gasteiger partial charge on any atom is 0.323 e. The molecule has 0 saturated heterocycles. The third kappa shape index (κ3) is 24.2. The van der Waals surface area contributed by atoms with Gasteiger partial charge in [-0.15, -0.1) is 0 Å². The first-order valence-corrected chi connectivity index (χ1v) is 27.7. The predicted molar refractivity (Wildman–Crippen MR) is 346 cm³/mol. The summed E-state index contributed by atoms with van der Waals surface area (Å²) >= 11 is 0. The molecule has 0 radical (unpaired) electrons. The summed E-state index contributed by atoms with van der Waals surface area (Å²) in [4.78, 5) is 76.9. The zero-order valence-corrected chi connectivity index (χ0v) is 49.1. The summed E-state index contributed by atoms with van der Waals surface area (Å²) in [6.45, 7) is 10.4. The molecule has 6 atom stereocenters. The number of nitrogens with one attached hydrogen (secondary N) is 3. The number of hydrogen-bond acceptors (Lipinski definition) is 12. The van der Waals surface area contributed by atoms with Gasteiger partial charge in [0.15, 0.2) is 0 Å². The van der Waals surface area contributed by atoms with Crippen LogP contribution in [0.1, 0.15) is 97.1 Å².